The van der Waals surface area contributed by atoms with Crippen LogP contribution in [0.25, 0.3) is 0 Å². The van der Waals surface area contributed by atoms with Crippen LogP contribution < -0.4 is 4.90 Å². The number of amides is 1. The van der Waals surface area contributed by atoms with Crippen molar-refractivity contribution in [2.45, 2.75) is 19.8 Å². The van der Waals surface area contributed by atoms with Gasteiger partial charge in [0.15, 0.2) is 5.78 Å². The van der Waals surface area contributed by atoms with Crippen molar-refractivity contribution in [3.05, 3.63) is 78.4 Å². The van der Waals surface area contributed by atoms with Gasteiger partial charge in [0.2, 0.25) is 5.91 Å². The highest BCUT2D eigenvalue weighted by atomic mass is 16.2. The molecule has 1 aliphatic rings. The van der Waals surface area contributed by atoms with Crippen LogP contribution >= 0.6 is 0 Å². The van der Waals surface area contributed by atoms with E-state index in [-0.39, 0.29) is 17.6 Å². The van der Waals surface area contributed by atoms with E-state index in [1.165, 1.54) is 0 Å². The maximum Gasteiger partial charge on any atom is 0.241 e. The summed E-state index contributed by atoms with van der Waals surface area (Å²) in [5.74, 6) is 0.338. The van der Waals surface area contributed by atoms with Crippen LogP contribution in [0.1, 0.15) is 28.8 Å². The molecule has 0 aliphatic carbocycles. The SMILES string of the molecule is C=CCN(C(=O)CN1CCC(C(=O)c2ccc(C)cc2)CC1)c1ccccc1. The molecule has 0 aromatic heterocycles. The Morgan fingerprint density at radius 3 is 2.32 bits per heavy atom. The number of likely N-dealkylation sites (tertiary alicyclic amines) is 1. The van der Waals surface area contributed by atoms with Crippen molar-refractivity contribution >= 4 is 17.4 Å². The van der Waals surface area contributed by atoms with Gasteiger partial charge in [0.1, 0.15) is 0 Å². The predicted octanol–water partition coefficient (Wildman–Crippen LogP) is 4.11. The number of piperidine rings is 1. The maximum atomic E-state index is 12.8. The van der Waals surface area contributed by atoms with Crippen LogP contribution in [0.5, 0.6) is 0 Å². The maximum absolute atomic E-state index is 12.8. The second kappa shape index (κ2) is 9.47. The summed E-state index contributed by atoms with van der Waals surface area (Å²) in [4.78, 5) is 29.5. The number of hydrogen-bond acceptors (Lipinski definition) is 3. The first-order valence-electron chi connectivity index (χ1n) is 9.88. The van der Waals surface area contributed by atoms with Gasteiger partial charge in [0.25, 0.3) is 0 Å². The van der Waals surface area contributed by atoms with Gasteiger partial charge in [-0.2, -0.15) is 0 Å². The first-order chi connectivity index (χ1) is 13.6. The molecule has 0 saturated carbocycles. The van der Waals surface area contributed by atoms with E-state index in [2.05, 4.69) is 11.5 Å². The van der Waals surface area contributed by atoms with Gasteiger partial charge < -0.3 is 4.90 Å². The van der Waals surface area contributed by atoms with E-state index in [0.717, 1.165) is 42.7 Å². The third-order valence-electron chi connectivity index (χ3n) is 5.33. The van der Waals surface area contributed by atoms with Gasteiger partial charge >= 0.3 is 0 Å². The standard InChI is InChI=1S/C24H28N2O2/c1-3-15-26(22-7-5-4-6-8-22)23(27)18-25-16-13-21(14-17-25)24(28)20-11-9-19(2)10-12-20/h3-12,21H,1,13-18H2,2H3. The van der Waals surface area contributed by atoms with E-state index in [0.29, 0.717) is 13.1 Å². The van der Waals surface area contributed by atoms with E-state index in [1.807, 2.05) is 61.5 Å². The Morgan fingerprint density at radius 2 is 1.71 bits per heavy atom. The number of rotatable bonds is 7. The van der Waals surface area contributed by atoms with Gasteiger partial charge in [0, 0.05) is 23.7 Å². The average Bonchev–Trinajstić information content (AvgIpc) is 2.73. The Bertz CT molecular complexity index is 806. The van der Waals surface area contributed by atoms with E-state index in [4.69, 9.17) is 0 Å². The van der Waals surface area contributed by atoms with E-state index < -0.39 is 0 Å². The largest absolute Gasteiger partial charge is 0.308 e. The molecule has 4 heteroatoms. The molecule has 0 N–H and O–H groups in total. The summed E-state index contributed by atoms with van der Waals surface area (Å²) in [5, 5.41) is 0. The van der Waals surface area contributed by atoms with Crippen molar-refractivity contribution < 1.29 is 9.59 Å². The summed E-state index contributed by atoms with van der Waals surface area (Å²) in [6.45, 7) is 8.19. The van der Waals surface area contributed by atoms with Crippen molar-refractivity contribution in [3.63, 3.8) is 0 Å². The molecule has 0 bridgehead atoms. The third kappa shape index (κ3) is 4.96. The smallest absolute Gasteiger partial charge is 0.241 e. The molecule has 1 heterocycles. The minimum Gasteiger partial charge on any atom is -0.308 e. The van der Waals surface area contributed by atoms with Crippen LogP contribution in [0.15, 0.2) is 67.3 Å². The number of hydrogen-bond donors (Lipinski definition) is 0. The lowest BCUT2D eigenvalue weighted by Gasteiger charge is -2.32. The Balaban J connectivity index is 1.55. The molecule has 28 heavy (non-hydrogen) atoms. The Kier molecular flexibility index (Phi) is 6.77. The van der Waals surface area contributed by atoms with Crippen LogP contribution in [0.2, 0.25) is 0 Å². The lowest BCUT2D eigenvalue weighted by atomic mass is 9.88. The monoisotopic (exact) mass is 376 g/mol. The lowest BCUT2D eigenvalue weighted by Crippen LogP contribution is -2.44. The predicted molar refractivity (Wildman–Crippen MR) is 114 cm³/mol. The molecule has 0 radical (unpaired) electrons. The Hall–Kier alpha value is -2.72. The number of carbonyl (C=O) groups is 2. The van der Waals surface area contributed by atoms with Crippen molar-refractivity contribution in [2.75, 3.05) is 31.1 Å². The van der Waals surface area contributed by atoms with Crippen LogP contribution in [0.3, 0.4) is 0 Å². The number of anilines is 1. The minimum atomic E-state index is 0.0486. The van der Waals surface area contributed by atoms with Crippen molar-refractivity contribution in [3.8, 4) is 0 Å². The van der Waals surface area contributed by atoms with Gasteiger partial charge in [0.05, 0.1) is 6.54 Å². The summed E-state index contributed by atoms with van der Waals surface area (Å²) in [7, 11) is 0. The number of benzene rings is 2. The fourth-order valence-corrected chi connectivity index (χ4v) is 3.67. The summed E-state index contributed by atoms with van der Waals surface area (Å²) in [5.41, 5.74) is 2.84. The number of ketones is 1. The van der Waals surface area contributed by atoms with Gasteiger partial charge in [-0.3, -0.25) is 14.5 Å². The summed E-state index contributed by atoms with van der Waals surface area (Å²) < 4.78 is 0. The van der Waals surface area contributed by atoms with Gasteiger partial charge in [-0.1, -0.05) is 54.1 Å². The topological polar surface area (TPSA) is 40.6 Å². The van der Waals surface area contributed by atoms with Gasteiger partial charge in [-0.25, -0.2) is 0 Å². The summed E-state index contributed by atoms with van der Waals surface area (Å²) in [6, 6.07) is 17.5. The van der Waals surface area contributed by atoms with Gasteiger partial charge in [-0.15, -0.1) is 6.58 Å². The van der Waals surface area contributed by atoms with Gasteiger partial charge in [-0.05, 0) is 45.0 Å². The van der Waals surface area contributed by atoms with E-state index in [1.54, 1.807) is 11.0 Å². The Labute approximate surface area is 167 Å². The second-order valence-corrected chi connectivity index (χ2v) is 7.41. The highest BCUT2D eigenvalue weighted by Gasteiger charge is 2.27. The molecule has 2 aromatic rings. The number of Topliss-reactive ketones (excluding diaryl/α,β-unsaturated/α-hetero) is 1. The summed E-state index contributed by atoms with van der Waals surface area (Å²) in [6.07, 6.45) is 3.34. The molecule has 1 amide bonds. The molecule has 4 nitrogen and oxygen atoms in total. The lowest BCUT2D eigenvalue weighted by molar-refractivity contribution is -0.119. The normalized spacial score (nSPS) is 15.2. The fraction of sp³-hybridized carbons (Fsp3) is 0.333. The van der Waals surface area contributed by atoms with Crippen LogP contribution in [0, 0.1) is 12.8 Å². The number of nitrogens with zero attached hydrogens (tertiary/aromatic N) is 2. The molecule has 1 aliphatic heterocycles. The zero-order chi connectivity index (χ0) is 19.9. The molecule has 0 unspecified atom stereocenters. The third-order valence-corrected chi connectivity index (χ3v) is 5.33. The van der Waals surface area contributed by atoms with Crippen molar-refractivity contribution in [1.82, 2.24) is 4.90 Å². The average molecular weight is 377 g/mol. The minimum absolute atomic E-state index is 0.0486. The van der Waals surface area contributed by atoms with Crippen molar-refractivity contribution in [2.24, 2.45) is 5.92 Å². The molecular weight excluding hydrogens is 348 g/mol. The molecule has 1 saturated heterocycles. The zero-order valence-electron chi connectivity index (χ0n) is 16.5. The highest BCUT2D eigenvalue weighted by Crippen LogP contribution is 2.22. The van der Waals surface area contributed by atoms with Crippen LogP contribution in [-0.2, 0) is 4.79 Å². The van der Waals surface area contributed by atoms with Crippen LogP contribution in [0.4, 0.5) is 5.69 Å². The first-order valence-corrected chi connectivity index (χ1v) is 9.88. The highest BCUT2D eigenvalue weighted by molar-refractivity contribution is 5.98. The van der Waals surface area contributed by atoms with Crippen molar-refractivity contribution in [1.29, 1.82) is 0 Å². The molecule has 3 rings (SSSR count). The van der Waals surface area contributed by atoms with Crippen LogP contribution in [-0.4, -0.2) is 42.8 Å². The molecule has 2 aromatic carbocycles. The zero-order valence-corrected chi connectivity index (χ0v) is 16.5. The number of carbonyl (C=O) groups excluding carboxylic acids is 2. The molecule has 0 spiro atoms. The fourth-order valence-electron chi connectivity index (χ4n) is 3.67. The molecule has 1 fully saturated rings. The summed E-state index contributed by atoms with van der Waals surface area (Å²) >= 11 is 0. The van der Waals surface area contributed by atoms with E-state index >= 15 is 0 Å². The second-order valence-electron chi connectivity index (χ2n) is 7.41. The van der Waals surface area contributed by atoms with E-state index in [9.17, 15) is 9.59 Å². The quantitative estimate of drug-likeness (QED) is 0.539. The molecular formula is C24H28N2O2. The Morgan fingerprint density at radius 1 is 1.07 bits per heavy atom. The molecule has 146 valence electrons. The number of aryl methyl sites for hydroxylation is 1. The first kappa shape index (κ1) is 20.0. The molecule has 0 atom stereocenters. The number of para-hydroxylation sites is 1.